The standard InChI is InChI=1S/C27H26Br2N2O6S/c1-6-36-24-18(28)10-15(11-19(24)29)12-21-25(32)31-23(17-13-16(34-4)8-9-20(17)35-5)22(26(33)37-7-2)14(3)30-27(31)38-21/h8-13,23H,6-7H2,1-5H3/b21-12-/t23-/m0/s1. The summed E-state index contributed by atoms with van der Waals surface area (Å²) in [5, 5.41) is 0. The molecule has 0 radical (unpaired) electrons. The fraction of sp³-hybridized carbons (Fsp3) is 0.296. The molecule has 4 rings (SSSR count). The molecule has 1 atom stereocenters. The van der Waals surface area contributed by atoms with Gasteiger partial charge in [0.05, 0.1) is 52.2 Å². The van der Waals surface area contributed by atoms with Crippen molar-refractivity contribution in [1.29, 1.82) is 0 Å². The molecule has 8 nitrogen and oxygen atoms in total. The van der Waals surface area contributed by atoms with Crippen LogP contribution in [0.3, 0.4) is 0 Å². The lowest BCUT2D eigenvalue weighted by molar-refractivity contribution is -0.139. The van der Waals surface area contributed by atoms with Gasteiger partial charge in [-0.25, -0.2) is 9.79 Å². The number of thiazole rings is 1. The van der Waals surface area contributed by atoms with Crippen LogP contribution in [0.15, 0.2) is 60.3 Å². The molecule has 200 valence electrons. The molecule has 3 aromatic rings. The van der Waals surface area contributed by atoms with Gasteiger partial charge in [0.25, 0.3) is 5.56 Å². The average molecular weight is 666 g/mol. The first kappa shape index (κ1) is 28.1. The Bertz CT molecular complexity index is 1590. The van der Waals surface area contributed by atoms with Gasteiger partial charge < -0.3 is 18.9 Å². The summed E-state index contributed by atoms with van der Waals surface area (Å²) in [5.41, 5.74) is 1.82. The van der Waals surface area contributed by atoms with E-state index in [2.05, 4.69) is 36.9 Å². The van der Waals surface area contributed by atoms with Gasteiger partial charge in [-0.2, -0.15) is 0 Å². The summed E-state index contributed by atoms with van der Waals surface area (Å²) in [5.74, 6) is 1.20. The van der Waals surface area contributed by atoms with E-state index < -0.39 is 12.0 Å². The van der Waals surface area contributed by atoms with E-state index in [1.165, 1.54) is 23.0 Å². The molecule has 1 aliphatic heterocycles. The first-order valence-electron chi connectivity index (χ1n) is 11.8. The van der Waals surface area contributed by atoms with E-state index in [1.807, 2.05) is 19.1 Å². The van der Waals surface area contributed by atoms with Crippen molar-refractivity contribution in [3.05, 3.63) is 81.4 Å². The van der Waals surface area contributed by atoms with Crippen LogP contribution in [-0.2, 0) is 9.53 Å². The minimum atomic E-state index is -0.823. The number of carbonyl (C=O) groups is 1. The van der Waals surface area contributed by atoms with Crippen molar-refractivity contribution in [2.75, 3.05) is 27.4 Å². The van der Waals surface area contributed by atoms with E-state index >= 15 is 0 Å². The van der Waals surface area contributed by atoms with Crippen molar-refractivity contribution in [2.24, 2.45) is 4.99 Å². The number of halogens is 2. The molecular formula is C27H26Br2N2O6S. The van der Waals surface area contributed by atoms with Crippen molar-refractivity contribution >= 4 is 55.2 Å². The van der Waals surface area contributed by atoms with Crippen LogP contribution in [0.2, 0.25) is 0 Å². The van der Waals surface area contributed by atoms with Crippen LogP contribution in [0.1, 0.15) is 37.9 Å². The molecule has 1 aliphatic rings. The number of hydrogen-bond acceptors (Lipinski definition) is 8. The molecule has 2 aromatic carbocycles. The van der Waals surface area contributed by atoms with E-state index in [0.717, 1.165) is 14.5 Å². The maximum absolute atomic E-state index is 13.9. The van der Waals surface area contributed by atoms with Gasteiger partial charge in [-0.05, 0) is 94.6 Å². The third kappa shape index (κ3) is 5.32. The van der Waals surface area contributed by atoms with Gasteiger partial charge in [0.2, 0.25) is 0 Å². The van der Waals surface area contributed by atoms with Crippen molar-refractivity contribution in [3.8, 4) is 17.2 Å². The van der Waals surface area contributed by atoms with Crippen LogP contribution in [0.25, 0.3) is 6.08 Å². The second-order valence-corrected chi connectivity index (χ2v) is 10.9. The Morgan fingerprint density at radius 1 is 1.11 bits per heavy atom. The monoisotopic (exact) mass is 664 g/mol. The first-order valence-corrected chi connectivity index (χ1v) is 14.2. The van der Waals surface area contributed by atoms with Crippen LogP contribution in [0.4, 0.5) is 0 Å². The third-order valence-corrected chi connectivity index (χ3v) is 8.02. The number of ether oxygens (including phenoxy) is 4. The predicted octanol–water partition coefficient (Wildman–Crippen LogP) is 4.74. The van der Waals surface area contributed by atoms with E-state index in [1.54, 1.807) is 45.2 Å². The highest BCUT2D eigenvalue weighted by Crippen LogP contribution is 2.38. The molecule has 0 unspecified atom stereocenters. The molecule has 0 saturated carbocycles. The van der Waals surface area contributed by atoms with Crippen molar-refractivity contribution in [2.45, 2.75) is 26.8 Å². The highest BCUT2D eigenvalue weighted by Gasteiger charge is 2.35. The van der Waals surface area contributed by atoms with Gasteiger partial charge in [-0.3, -0.25) is 9.36 Å². The van der Waals surface area contributed by atoms with Gasteiger partial charge >= 0.3 is 5.97 Å². The number of allylic oxidation sites excluding steroid dienone is 1. The molecule has 0 spiro atoms. The van der Waals surface area contributed by atoms with E-state index in [9.17, 15) is 9.59 Å². The summed E-state index contributed by atoms with van der Waals surface area (Å²) in [7, 11) is 3.09. The summed E-state index contributed by atoms with van der Waals surface area (Å²) in [4.78, 5) is 32.2. The Hall–Kier alpha value is -2.89. The van der Waals surface area contributed by atoms with Gasteiger partial charge in [-0.15, -0.1) is 0 Å². The molecule has 0 fully saturated rings. The van der Waals surface area contributed by atoms with Gasteiger partial charge in [0, 0.05) is 5.56 Å². The number of carbonyl (C=O) groups excluding carboxylic acids is 1. The Balaban J connectivity index is 1.98. The lowest BCUT2D eigenvalue weighted by Crippen LogP contribution is -2.40. The SMILES string of the molecule is CCOC(=O)C1=C(C)N=c2s/c(=C\c3cc(Br)c(OCC)c(Br)c3)c(=O)n2[C@H]1c1cc(OC)ccc1OC. The van der Waals surface area contributed by atoms with E-state index in [-0.39, 0.29) is 17.7 Å². The number of rotatable bonds is 8. The summed E-state index contributed by atoms with van der Waals surface area (Å²) in [6.45, 7) is 6.09. The fourth-order valence-electron chi connectivity index (χ4n) is 4.24. The lowest BCUT2D eigenvalue weighted by atomic mass is 9.94. The quantitative estimate of drug-likeness (QED) is 0.323. The van der Waals surface area contributed by atoms with Crippen LogP contribution in [0, 0.1) is 0 Å². The molecule has 0 N–H and O–H groups in total. The Labute approximate surface area is 240 Å². The lowest BCUT2D eigenvalue weighted by Gasteiger charge is -2.26. The molecule has 38 heavy (non-hydrogen) atoms. The number of aromatic nitrogens is 1. The molecule has 0 aliphatic carbocycles. The maximum atomic E-state index is 13.9. The number of fused-ring (bicyclic) bond motifs is 1. The van der Waals surface area contributed by atoms with Crippen molar-refractivity contribution < 1.29 is 23.7 Å². The maximum Gasteiger partial charge on any atom is 0.338 e. The fourth-order valence-corrected chi connectivity index (χ4v) is 6.73. The predicted molar refractivity (Wildman–Crippen MR) is 153 cm³/mol. The zero-order chi connectivity index (χ0) is 27.6. The van der Waals surface area contributed by atoms with Crippen LogP contribution in [-0.4, -0.2) is 38.0 Å². The largest absolute Gasteiger partial charge is 0.497 e. The Kier molecular flexibility index (Phi) is 8.79. The van der Waals surface area contributed by atoms with E-state index in [0.29, 0.717) is 44.4 Å². The second-order valence-electron chi connectivity index (χ2n) is 8.16. The molecule has 2 heterocycles. The number of hydrogen-bond donors (Lipinski definition) is 0. The molecule has 0 amide bonds. The summed E-state index contributed by atoms with van der Waals surface area (Å²) >= 11 is 8.34. The first-order chi connectivity index (χ1) is 18.2. The zero-order valence-corrected chi connectivity index (χ0v) is 25.5. The molecule has 1 aromatic heterocycles. The normalized spacial score (nSPS) is 15.1. The third-order valence-electron chi connectivity index (χ3n) is 5.86. The van der Waals surface area contributed by atoms with E-state index in [4.69, 9.17) is 18.9 Å². The van der Waals surface area contributed by atoms with Crippen LogP contribution in [0.5, 0.6) is 17.2 Å². The summed E-state index contributed by atoms with van der Waals surface area (Å²) in [6.07, 6.45) is 1.79. The number of nitrogens with zero attached hydrogens (tertiary/aromatic N) is 2. The Morgan fingerprint density at radius 2 is 1.82 bits per heavy atom. The highest BCUT2D eigenvalue weighted by molar-refractivity contribution is 9.11. The Morgan fingerprint density at radius 3 is 2.42 bits per heavy atom. The van der Waals surface area contributed by atoms with Crippen molar-refractivity contribution in [1.82, 2.24) is 4.57 Å². The van der Waals surface area contributed by atoms with Gasteiger partial charge in [-0.1, -0.05) is 11.3 Å². The number of methoxy groups -OCH3 is 2. The molecule has 11 heteroatoms. The average Bonchev–Trinajstić information content (AvgIpc) is 3.19. The molecular weight excluding hydrogens is 640 g/mol. The van der Waals surface area contributed by atoms with Crippen LogP contribution >= 0.6 is 43.2 Å². The smallest absolute Gasteiger partial charge is 0.338 e. The minimum absolute atomic E-state index is 0.184. The topological polar surface area (TPSA) is 88.4 Å². The molecule has 0 bridgehead atoms. The zero-order valence-electron chi connectivity index (χ0n) is 21.5. The number of esters is 1. The van der Waals surface area contributed by atoms with Crippen LogP contribution < -0.4 is 29.1 Å². The summed E-state index contributed by atoms with van der Waals surface area (Å²) in [6, 6.07) is 8.21. The number of benzene rings is 2. The highest BCUT2D eigenvalue weighted by atomic mass is 79.9. The van der Waals surface area contributed by atoms with Gasteiger partial charge in [0.15, 0.2) is 4.80 Å². The molecule has 0 saturated heterocycles. The van der Waals surface area contributed by atoms with Crippen molar-refractivity contribution in [3.63, 3.8) is 0 Å². The second kappa shape index (κ2) is 11.9. The minimum Gasteiger partial charge on any atom is -0.497 e. The summed E-state index contributed by atoms with van der Waals surface area (Å²) < 4.78 is 25.6. The van der Waals surface area contributed by atoms with Gasteiger partial charge in [0.1, 0.15) is 23.3 Å².